The number of carboxylic acids is 1. The van der Waals surface area contributed by atoms with E-state index in [0.29, 0.717) is 5.00 Å². The summed E-state index contributed by atoms with van der Waals surface area (Å²) in [4.78, 5) is 22.5. The summed E-state index contributed by atoms with van der Waals surface area (Å²) < 4.78 is 0. The predicted molar refractivity (Wildman–Crippen MR) is 69.2 cm³/mol. The number of urea groups is 1. The maximum atomic E-state index is 11.6. The Morgan fingerprint density at radius 2 is 2.29 bits per heavy atom. The molecule has 0 saturated carbocycles. The van der Waals surface area contributed by atoms with Crippen molar-refractivity contribution in [2.24, 2.45) is 0 Å². The van der Waals surface area contributed by atoms with E-state index in [9.17, 15) is 9.59 Å². The van der Waals surface area contributed by atoms with Crippen molar-refractivity contribution >= 4 is 40.1 Å². The smallest absolute Gasteiger partial charge is 0.338 e. The molecule has 1 atom stereocenters. The summed E-state index contributed by atoms with van der Waals surface area (Å²) >= 11 is 3.01. The Hall–Kier alpha value is -1.21. The lowest BCUT2D eigenvalue weighted by molar-refractivity contribution is 0.0698. The van der Waals surface area contributed by atoms with Crippen LogP contribution in [0.4, 0.5) is 9.80 Å². The number of carbonyl (C=O) groups is 2. The molecular weight excluding hydrogens is 260 g/mol. The van der Waals surface area contributed by atoms with Crippen molar-refractivity contribution in [3.63, 3.8) is 0 Å². The van der Waals surface area contributed by atoms with Gasteiger partial charge in [-0.25, -0.2) is 9.59 Å². The zero-order valence-electron chi connectivity index (χ0n) is 8.93. The average Bonchev–Trinajstić information content (AvgIpc) is 2.88. The summed E-state index contributed by atoms with van der Waals surface area (Å²) in [5, 5.41) is 16.3. The van der Waals surface area contributed by atoms with Gasteiger partial charge in [0.2, 0.25) is 0 Å². The number of aromatic carboxylic acids is 1. The topological polar surface area (TPSA) is 78.4 Å². The van der Waals surface area contributed by atoms with E-state index in [2.05, 4.69) is 10.6 Å². The number of thioether (sulfide) groups is 1. The number of amides is 2. The molecule has 92 valence electrons. The van der Waals surface area contributed by atoms with Gasteiger partial charge in [-0.05, 0) is 23.6 Å². The number of carbonyl (C=O) groups excluding carboxylic acids is 1. The minimum absolute atomic E-state index is 0.131. The van der Waals surface area contributed by atoms with E-state index >= 15 is 0 Å². The molecule has 1 saturated heterocycles. The maximum Gasteiger partial charge on any atom is 0.338 e. The van der Waals surface area contributed by atoms with Crippen LogP contribution < -0.4 is 10.6 Å². The van der Waals surface area contributed by atoms with Crippen LogP contribution in [0.5, 0.6) is 0 Å². The molecule has 1 unspecified atom stereocenters. The second-order valence-corrected chi connectivity index (χ2v) is 5.69. The Morgan fingerprint density at radius 3 is 2.94 bits per heavy atom. The molecule has 2 rings (SSSR count). The fourth-order valence-electron chi connectivity index (χ4n) is 1.55. The first-order valence-corrected chi connectivity index (χ1v) is 7.16. The molecule has 1 aromatic heterocycles. The monoisotopic (exact) mass is 272 g/mol. The van der Waals surface area contributed by atoms with Crippen LogP contribution in [0, 0.1) is 0 Å². The number of nitrogens with one attached hydrogen (secondary N) is 2. The highest BCUT2D eigenvalue weighted by Crippen LogP contribution is 2.23. The van der Waals surface area contributed by atoms with Crippen molar-refractivity contribution in [2.45, 2.75) is 12.5 Å². The van der Waals surface area contributed by atoms with Crippen molar-refractivity contribution < 1.29 is 14.7 Å². The molecule has 0 spiro atoms. The zero-order valence-corrected chi connectivity index (χ0v) is 10.6. The summed E-state index contributed by atoms with van der Waals surface area (Å²) in [5.74, 6) is 0.950. The van der Waals surface area contributed by atoms with Crippen LogP contribution in [0.1, 0.15) is 16.8 Å². The normalized spacial score (nSPS) is 18.9. The fraction of sp³-hybridized carbons (Fsp3) is 0.400. The molecule has 1 aromatic rings. The summed E-state index contributed by atoms with van der Waals surface area (Å²) in [7, 11) is 0. The summed E-state index contributed by atoms with van der Waals surface area (Å²) in [5.41, 5.74) is 0.131. The summed E-state index contributed by atoms with van der Waals surface area (Å²) in [6.07, 6.45) is 0.967. The molecular formula is C10H12N2O3S2. The highest BCUT2D eigenvalue weighted by molar-refractivity contribution is 7.99. The minimum atomic E-state index is -1.03. The lowest BCUT2D eigenvalue weighted by Crippen LogP contribution is -2.37. The van der Waals surface area contributed by atoms with E-state index < -0.39 is 5.97 Å². The molecule has 0 radical (unpaired) electrons. The van der Waals surface area contributed by atoms with Crippen LogP contribution in [0.2, 0.25) is 0 Å². The molecule has 0 aromatic carbocycles. The largest absolute Gasteiger partial charge is 0.478 e. The van der Waals surface area contributed by atoms with Crippen molar-refractivity contribution in [1.29, 1.82) is 0 Å². The Kier molecular flexibility index (Phi) is 3.90. The van der Waals surface area contributed by atoms with E-state index in [0.717, 1.165) is 17.9 Å². The van der Waals surface area contributed by atoms with Gasteiger partial charge in [0.1, 0.15) is 5.00 Å². The van der Waals surface area contributed by atoms with Gasteiger partial charge in [-0.3, -0.25) is 5.32 Å². The van der Waals surface area contributed by atoms with Crippen molar-refractivity contribution in [1.82, 2.24) is 5.32 Å². The van der Waals surface area contributed by atoms with Gasteiger partial charge in [-0.1, -0.05) is 0 Å². The van der Waals surface area contributed by atoms with Gasteiger partial charge < -0.3 is 10.4 Å². The van der Waals surface area contributed by atoms with Crippen LogP contribution in [0.3, 0.4) is 0 Å². The second-order valence-electron chi connectivity index (χ2n) is 3.63. The lowest BCUT2D eigenvalue weighted by atomic mass is 10.3. The first-order valence-electron chi connectivity index (χ1n) is 5.13. The Bertz CT molecular complexity index is 427. The van der Waals surface area contributed by atoms with E-state index in [1.807, 2.05) is 0 Å². The molecule has 0 aliphatic carbocycles. The highest BCUT2D eigenvalue weighted by atomic mass is 32.2. The van der Waals surface area contributed by atoms with Gasteiger partial charge in [0, 0.05) is 11.8 Å². The Morgan fingerprint density at radius 1 is 1.47 bits per heavy atom. The molecule has 2 heterocycles. The number of rotatable bonds is 3. The van der Waals surface area contributed by atoms with Crippen LogP contribution >= 0.6 is 23.1 Å². The second kappa shape index (κ2) is 5.42. The highest BCUT2D eigenvalue weighted by Gasteiger charge is 2.19. The summed E-state index contributed by atoms with van der Waals surface area (Å²) in [6, 6.07) is 1.34. The first kappa shape index (κ1) is 12.3. The van der Waals surface area contributed by atoms with Gasteiger partial charge in [0.25, 0.3) is 0 Å². The van der Waals surface area contributed by atoms with Crippen molar-refractivity contribution in [2.75, 3.05) is 16.8 Å². The van der Waals surface area contributed by atoms with Gasteiger partial charge in [-0.2, -0.15) is 11.8 Å². The van der Waals surface area contributed by atoms with E-state index in [1.165, 1.54) is 17.4 Å². The van der Waals surface area contributed by atoms with Crippen LogP contribution in [-0.4, -0.2) is 34.7 Å². The van der Waals surface area contributed by atoms with E-state index in [-0.39, 0.29) is 17.6 Å². The molecule has 5 nitrogen and oxygen atoms in total. The quantitative estimate of drug-likeness (QED) is 0.787. The number of thiophene rings is 1. The molecule has 2 amide bonds. The Balaban J connectivity index is 1.93. The Labute approximate surface area is 107 Å². The molecule has 1 aliphatic heterocycles. The maximum absolute atomic E-state index is 11.6. The fourth-order valence-corrected chi connectivity index (χ4v) is 3.47. The van der Waals surface area contributed by atoms with Crippen LogP contribution in [-0.2, 0) is 0 Å². The SMILES string of the molecule is O=C(Nc1sccc1C(=O)O)NC1CCSC1. The molecule has 1 aliphatic rings. The van der Waals surface area contributed by atoms with Crippen LogP contribution in [0.25, 0.3) is 0 Å². The zero-order chi connectivity index (χ0) is 12.3. The lowest BCUT2D eigenvalue weighted by Gasteiger charge is -2.11. The first-order chi connectivity index (χ1) is 8.16. The number of carboxylic acid groups (broad SMARTS) is 1. The number of hydrogen-bond acceptors (Lipinski definition) is 4. The minimum Gasteiger partial charge on any atom is -0.478 e. The number of anilines is 1. The van der Waals surface area contributed by atoms with Gasteiger partial charge in [-0.15, -0.1) is 11.3 Å². The van der Waals surface area contributed by atoms with E-state index in [1.54, 1.807) is 17.1 Å². The molecule has 0 bridgehead atoms. The van der Waals surface area contributed by atoms with Gasteiger partial charge >= 0.3 is 12.0 Å². The third-order valence-corrected chi connectivity index (χ3v) is 4.38. The molecule has 1 fully saturated rings. The van der Waals surface area contributed by atoms with Crippen molar-refractivity contribution in [3.8, 4) is 0 Å². The van der Waals surface area contributed by atoms with E-state index in [4.69, 9.17) is 5.11 Å². The third-order valence-electron chi connectivity index (χ3n) is 2.39. The van der Waals surface area contributed by atoms with Gasteiger partial charge in [0.05, 0.1) is 5.56 Å². The number of hydrogen-bond donors (Lipinski definition) is 3. The molecule has 17 heavy (non-hydrogen) atoms. The van der Waals surface area contributed by atoms with Crippen molar-refractivity contribution in [3.05, 3.63) is 17.0 Å². The van der Waals surface area contributed by atoms with Gasteiger partial charge in [0.15, 0.2) is 0 Å². The predicted octanol–water partition coefficient (Wildman–Crippen LogP) is 2.07. The molecule has 3 N–H and O–H groups in total. The van der Waals surface area contributed by atoms with Crippen LogP contribution in [0.15, 0.2) is 11.4 Å². The average molecular weight is 272 g/mol. The molecule has 7 heteroatoms. The third kappa shape index (κ3) is 3.13. The summed E-state index contributed by atoms with van der Waals surface area (Å²) in [6.45, 7) is 0. The standard InChI is InChI=1S/C10H12N2O3S2/c13-9(14)7-2-4-17-8(7)12-10(15)11-6-1-3-16-5-6/h2,4,6H,1,3,5H2,(H,13,14)(H2,11,12,15).